The number of aryl methyl sites for hydroxylation is 3. The number of rotatable bonds is 9. The Balaban J connectivity index is 1.22. The Labute approximate surface area is 246 Å². The summed E-state index contributed by atoms with van der Waals surface area (Å²) in [5.74, 6) is -0.395. The van der Waals surface area contributed by atoms with Gasteiger partial charge in [0.25, 0.3) is 0 Å². The van der Waals surface area contributed by atoms with Crippen molar-refractivity contribution in [3.05, 3.63) is 70.2 Å². The molecule has 2 aromatic heterocycles. The molecule has 0 aliphatic carbocycles. The highest BCUT2D eigenvalue weighted by atomic mass is 32.1. The van der Waals surface area contributed by atoms with Gasteiger partial charge in [0, 0.05) is 13.1 Å². The Kier molecular flexibility index (Phi) is 9.00. The van der Waals surface area contributed by atoms with Crippen molar-refractivity contribution < 1.29 is 9.53 Å². The highest BCUT2D eigenvalue weighted by Crippen LogP contribution is 2.36. The fourth-order valence-electron chi connectivity index (χ4n) is 4.23. The van der Waals surface area contributed by atoms with Crippen LogP contribution in [0.4, 0.5) is 37.9 Å². The van der Waals surface area contributed by atoms with Crippen molar-refractivity contribution >= 4 is 66.5 Å². The number of carbonyl (C=O) groups excluding carboxylic acids is 1. The lowest BCUT2D eigenvalue weighted by Gasteiger charge is -2.13. The molecule has 0 unspecified atom stereocenters. The molecule has 0 radical (unpaired) electrons. The summed E-state index contributed by atoms with van der Waals surface area (Å²) in [7, 11) is 0. The van der Waals surface area contributed by atoms with Crippen LogP contribution in [0, 0.1) is 20.8 Å². The molecule has 0 amide bonds. The standard InChI is InChI=1S/C29H30N8O2S2/c1-5-39-28(38)27-20(4)30-29(41-27)36-34-24-11-8-21(16-19(24)3)31-33-23-10-9-22(17-18(23)2)32-35-25-12-13-26(40-25)37-14-6-7-15-37/h8-13,16-17H,5-7,14-15H2,1-4H3. The van der Waals surface area contributed by atoms with Crippen LogP contribution in [0.5, 0.6) is 0 Å². The van der Waals surface area contributed by atoms with Crippen LogP contribution < -0.4 is 4.90 Å². The quantitative estimate of drug-likeness (QED) is 0.143. The molecule has 0 saturated carbocycles. The predicted octanol–water partition coefficient (Wildman–Crippen LogP) is 10.2. The zero-order chi connectivity index (χ0) is 28.8. The number of benzene rings is 2. The lowest BCUT2D eigenvalue weighted by Crippen LogP contribution is -2.15. The van der Waals surface area contributed by atoms with Crippen LogP contribution in [0.3, 0.4) is 0 Å². The summed E-state index contributed by atoms with van der Waals surface area (Å²) < 4.78 is 5.06. The summed E-state index contributed by atoms with van der Waals surface area (Å²) in [4.78, 5) is 19.2. The predicted molar refractivity (Wildman–Crippen MR) is 163 cm³/mol. The van der Waals surface area contributed by atoms with Gasteiger partial charge < -0.3 is 9.64 Å². The van der Waals surface area contributed by atoms with Crippen molar-refractivity contribution in [2.45, 2.75) is 40.5 Å². The van der Waals surface area contributed by atoms with Gasteiger partial charge in [-0.1, -0.05) is 22.7 Å². The number of azo groups is 3. The molecule has 41 heavy (non-hydrogen) atoms. The minimum absolute atomic E-state index is 0.308. The van der Waals surface area contributed by atoms with Crippen LogP contribution in [-0.4, -0.2) is 30.6 Å². The molecule has 2 aromatic carbocycles. The minimum Gasteiger partial charge on any atom is -0.462 e. The number of thiophene rings is 1. The van der Waals surface area contributed by atoms with Crippen LogP contribution >= 0.6 is 22.7 Å². The zero-order valence-corrected chi connectivity index (χ0v) is 25.0. The Hall–Kier alpha value is -4.16. The second-order valence-electron chi connectivity index (χ2n) is 9.48. The van der Waals surface area contributed by atoms with Gasteiger partial charge in [0.2, 0.25) is 5.13 Å². The summed E-state index contributed by atoms with van der Waals surface area (Å²) in [6, 6.07) is 15.4. The average Bonchev–Trinajstić information content (AvgIpc) is 3.72. The fraction of sp³-hybridized carbons (Fsp3) is 0.310. The Morgan fingerprint density at radius 2 is 1.46 bits per heavy atom. The van der Waals surface area contributed by atoms with Gasteiger partial charge in [0.15, 0.2) is 0 Å². The minimum atomic E-state index is -0.395. The van der Waals surface area contributed by atoms with E-state index in [-0.39, 0.29) is 0 Å². The molecular formula is C29H30N8O2S2. The van der Waals surface area contributed by atoms with Gasteiger partial charge in [0.05, 0.1) is 40.1 Å². The smallest absolute Gasteiger partial charge is 0.350 e. The largest absolute Gasteiger partial charge is 0.462 e. The van der Waals surface area contributed by atoms with E-state index in [0.29, 0.717) is 33.7 Å². The molecule has 10 nitrogen and oxygen atoms in total. The molecule has 210 valence electrons. The summed E-state index contributed by atoms with van der Waals surface area (Å²) >= 11 is 2.83. The van der Waals surface area contributed by atoms with E-state index in [1.54, 1.807) is 25.2 Å². The number of anilines is 1. The van der Waals surface area contributed by atoms with Crippen LogP contribution in [0.1, 0.15) is 46.3 Å². The van der Waals surface area contributed by atoms with Gasteiger partial charge in [-0.15, -0.1) is 20.5 Å². The summed E-state index contributed by atoms with van der Waals surface area (Å²) in [5, 5.41) is 28.8. The first-order valence-corrected chi connectivity index (χ1v) is 15.0. The number of esters is 1. The van der Waals surface area contributed by atoms with Gasteiger partial charge in [-0.3, -0.25) is 0 Å². The van der Waals surface area contributed by atoms with Crippen molar-refractivity contribution in [2.24, 2.45) is 30.7 Å². The number of aromatic nitrogens is 1. The van der Waals surface area contributed by atoms with E-state index in [4.69, 9.17) is 4.74 Å². The third kappa shape index (κ3) is 7.14. The van der Waals surface area contributed by atoms with Crippen LogP contribution in [0.2, 0.25) is 0 Å². The molecule has 4 aromatic rings. The zero-order valence-electron chi connectivity index (χ0n) is 23.4. The van der Waals surface area contributed by atoms with E-state index in [1.807, 2.05) is 56.3 Å². The van der Waals surface area contributed by atoms with Crippen LogP contribution in [-0.2, 0) is 4.74 Å². The van der Waals surface area contributed by atoms with Gasteiger partial charge >= 0.3 is 5.97 Å². The normalized spacial score (nSPS) is 13.8. The highest BCUT2D eigenvalue weighted by Gasteiger charge is 2.16. The van der Waals surface area contributed by atoms with Gasteiger partial charge in [0.1, 0.15) is 9.88 Å². The molecule has 1 fully saturated rings. The second kappa shape index (κ2) is 13.0. The number of hydrogen-bond donors (Lipinski definition) is 0. The Morgan fingerprint density at radius 1 is 0.829 bits per heavy atom. The lowest BCUT2D eigenvalue weighted by atomic mass is 10.2. The molecular weight excluding hydrogens is 557 g/mol. The van der Waals surface area contributed by atoms with Crippen molar-refractivity contribution in [3.8, 4) is 0 Å². The Bertz CT molecular complexity index is 1630. The molecule has 1 saturated heterocycles. The van der Waals surface area contributed by atoms with E-state index in [1.165, 1.54) is 17.8 Å². The molecule has 1 aliphatic rings. The number of ether oxygens (including phenoxy) is 1. The summed E-state index contributed by atoms with van der Waals surface area (Å²) in [5.41, 5.74) is 5.33. The molecule has 3 heterocycles. The SMILES string of the molecule is CCOC(=O)c1sc(N=Nc2ccc(N=Nc3ccc(N=Nc4ccc(N5CCCC5)s4)cc3C)cc2C)nc1C. The number of thiazole rings is 1. The summed E-state index contributed by atoms with van der Waals surface area (Å²) in [6.45, 7) is 9.97. The van der Waals surface area contributed by atoms with Gasteiger partial charge in [-0.25, -0.2) is 9.78 Å². The van der Waals surface area contributed by atoms with Crippen LogP contribution in [0.15, 0.2) is 79.2 Å². The fourth-order valence-corrected chi connectivity index (χ4v) is 5.90. The molecule has 12 heteroatoms. The van der Waals surface area contributed by atoms with Crippen molar-refractivity contribution in [2.75, 3.05) is 24.6 Å². The van der Waals surface area contributed by atoms with E-state index < -0.39 is 5.97 Å². The maximum atomic E-state index is 12.0. The first-order valence-electron chi connectivity index (χ1n) is 13.4. The highest BCUT2D eigenvalue weighted by molar-refractivity contribution is 7.19. The van der Waals surface area contributed by atoms with Crippen molar-refractivity contribution in [3.63, 3.8) is 0 Å². The van der Waals surface area contributed by atoms with Crippen LogP contribution in [0.25, 0.3) is 0 Å². The molecule has 0 spiro atoms. The lowest BCUT2D eigenvalue weighted by molar-refractivity contribution is 0.0531. The maximum Gasteiger partial charge on any atom is 0.350 e. The molecule has 0 N–H and O–H groups in total. The molecule has 5 rings (SSSR count). The molecule has 1 aliphatic heterocycles. The third-order valence-corrected chi connectivity index (χ3v) is 8.43. The third-order valence-electron chi connectivity index (χ3n) is 6.38. The van der Waals surface area contributed by atoms with Crippen molar-refractivity contribution in [1.29, 1.82) is 0 Å². The first-order chi connectivity index (χ1) is 19.9. The maximum absolute atomic E-state index is 12.0. The van der Waals surface area contributed by atoms with E-state index >= 15 is 0 Å². The van der Waals surface area contributed by atoms with E-state index in [0.717, 1.165) is 51.9 Å². The molecule has 0 atom stereocenters. The topological polar surface area (TPSA) is 117 Å². The second-order valence-corrected chi connectivity index (χ2v) is 11.5. The molecule has 0 bridgehead atoms. The summed E-state index contributed by atoms with van der Waals surface area (Å²) in [6.07, 6.45) is 2.51. The van der Waals surface area contributed by atoms with E-state index in [9.17, 15) is 4.79 Å². The monoisotopic (exact) mass is 586 g/mol. The Morgan fingerprint density at radius 3 is 2.10 bits per heavy atom. The van der Waals surface area contributed by atoms with Gasteiger partial charge in [-0.2, -0.15) is 10.2 Å². The first kappa shape index (κ1) is 28.4. The average molecular weight is 587 g/mol. The number of carbonyl (C=O) groups is 1. The number of nitrogens with zero attached hydrogens (tertiary/aromatic N) is 8. The number of hydrogen-bond acceptors (Lipinski definition) is 12. The van der Waals surface area contributed by atoms with Gasteiger partial charge in [-0.05, 0) is 100 Å². The van der Waals surface area contributed by atoms with E-state index in [2.05, 4.69) is 46.6 Å². The van der Waals surface area contributed by atoms with Crippen molar-refractivity contribution in [1.82, 2.24) is 4.98 Å².